The minimum atomic E-state index is -3.10. The van der Waals surface area contributed by atoms with E-state index in [9.17, 15) is 8.42 Å². The molecule has 20 heavy (non-hydrogen) atoms. The van der Waals surface area contributed by atoms with Gasteiger partial charge in [-0.05, 0) is 26.0 Å². The zero-order valence-electron chi connectivity index (χ0n) is 11.7. The van der Waals surface area contributed by atoms with Crippen LogP contribution < -0.4 is 4.72 Å². The van der Waals surface area contributed by atoms with Gasteiger partial charge in [0.2, 0.25) is 10.0 Å². The van der Waals surface area contributed by atoms with Crippen LogP contribution in [-0.2, 0) is 16.6 Å². The van der Waals surface area contributed by atoms with E-state index in [1.54, 1.807) is 18.7 Å². The summed E-state index contributed by atoms with van der Waals surface area (Å²) in [5.74, 6) is 0.785. The summed E-state index contributed by atoms with van der Waals surface area (Å²) < 4.78 is 27.4. The van der Waals surface area contributed by atoms with Gasteiger partial charge in [0.15, 0.2) is 5.16 Å². The van der Waals surface area contributed by atoms with Crippen LogP contribution in [0.1, 0.15) is 13.8 Å². The Morgan fingerprint density at radius 1 is 1.30 bits per heavy atom. The fourth-order valence-corrected chi connectivity index (χ4v) is 3.59. The highest BCUT2D eigenvalue weighted by Gasteiger charge is 2.10. The van der Waals surface area contributed by atoms with Crippen molar-refractivity contribution in [2.75, 3.05) is 18.1 Å². The lowest BCUT2D eigenvalue weighted by molar-refractivity contribution is 0.585. The van der Waals surface area contributed by atoms with Crippen LogP contribution in [0.3, 0.4) is 0 Å². The van der Waals surface area contributed by atoms with Gasteiger partial charge in [-0.1, -0.05) is 23.9 Å². The number of aryl methyl sites for hydroxylation is 1. The highest BCUT2D eigenvalue weighted by molar-refractivity contribution is 7.99. The third-order valence-corrected chi connectivity index (χ3v) is 5.35. The molecule has 0 fully saturated rings. The van der Waals surface area contributed by atoms with Crippen LogP contribution in [0.4, 0.5) is 0 Å². The molecule has 0 bridgehead atoms. The molecule has 5 nitrogen and oxygen atoms in total. The lowest BCUT2D eigenvalue weighted by Gasteiger charge is -2.06. The summed E-state index contributed by atoms with van der Waals surface area (Å²) in [5.41, 5.74) is 2.10. The zero-order valence-corrected chi connectivity index (χ0v) is 13.3. The number of hydrogen-bond donors (Lipinski definition) is 1. The molecule has 0 radical (unpaired) electrons. The van der Waals surface area contributed by atoms with E-state index in [-0.39, 0.29) is 5.75 Å². The Bertz CT molecular complexity index is 680. The first-order chi connectivity index (χ1) is 9.57. The smallest absolute Gasteiger partial charge is 0.211 e. The molecule has 1 aromatic carbocycles. The van der Waals surface area contributed by atoms with Gasteiger partial charge in [-0.15, -0.1) is 0 Å². The van der Waals surface area contributed by atoms with E-state index < -0.39 is 10.0 Å². The molecule has 1 aromatic heterocycles. The highest BCUT2D eigenvalue weighted by atomic mass is 32.2. The Balaban J connectivity index is 2.03. The van der Waals surface area contributed by atoms with Gasteiger partial charge in [0.25, 0.3) is 0 Å². The molecular weight excluding hydrogens is 294 g/mol. The van der Waals surface area contributed by atoms with Crippen molar-refractivity contribution in [3.8, 4) is 0 Å². The molecule has 110 valence electrons. The van der Waals surface area contributed by atoms with Gasteiger partial charge in [0.1, 0.15) is 0 Å². The number of aromatic nitrogens is 2. The van der Waals surface area contributed by atoms with Crippen LogP contribution in [0.2, 0.25) is 0 Å². The topological polar surface area (TPSA) is 64.0 Å². The van der Waals surface area contributed by atoms with E-state index in [0.29, 0.717) is 12.3 Å². The van der Waals surface area contributed by atoms with Crippen LogP contribution in [0.5, 0.6) is 0 Å². The maximum absolute atomic E-state index is 11.3. The molecule has 0 saturated carbocycles. The van der Waals surface area contributed by atoms with Crippen molar-refractivity contribution in [3.63, 3.8) is 0 Å². The summed E-state index contributed by atoms with van der Waals surface area (Å²) in [6.07, 6.45) is 0. The maximum atomic E-state index is 11.3. The van der Waals surface area contributed by atoms with Crippen molar-refractivity contribution >= 4 is 32.8 Å². The lowest BCUT2D eigenvalue weighted by Crippen LogP contribution is -2.27. The molecule has 2 aromatic rings. The summed E-state index contributed by atoms with van der Waals surface area (Å²) >= 11 is 1.57. The number of para-hydroxylation sites is 2. The Hall–Kier alpha value is -1.05. The van der Waals surface area contributed by atoms with E-state index in [4.69, 9.17) is 0 Å². The number of hydrogen-bond acceptors (Lipinski definition) is 4. The summed E-state index contributed by atoms with van der Waals surface area (Å²) in [7, 11) is -3.10. The van der Waals surface area contributed by atoms with Crippen LogP contribution in [0.15, 0.2) is 29.4 Å². The van der Waals surface area contributed by atoms with Crippen LogP contribution in [-0.4, -0.2) is 36.0 Å². The van der Waals surface area contributed by atoms with Crippen LogP contribution in [0, 0.1) is 0 Å². The fourth-order valence-electron chi connectivity index (χ4n) is 1.91. The monoisotopic (exact) mass is 313 g/mol. The molecule has 1 N–H and O–H groups in total. The first-order valence-electron chi connectivity index (χ1n) is 6.62. The molecule has 0 unspecified atom stereocenters. The second-order valence-corrected chi connectivity index (χ2v) is 7.43. The highest BCUT2D eigenvalue weighted by Crippen LogP contribution is 2.23. The summed E-state index contributed by atoms with van der Waals surface area (Å²) in [5, 5.41) is 0.935. The number of nitrogens with one attached hydrogen (secondary N) is 1. The molecule has 0 amide bonds. The molecule has 0 saturated heterocycles. The lowest BCUT2D eigenvalue weighted by atomic mass is 10.3. The quantitative estimate of drug-likeness (QED) is 0.628. The minimum absolute atomic E-state index is 0.116. The van der Waals surface area contributed by atoms with Gasteiger partial charge in [0, 0.05) is 18.8 Å². The molecule has 0 spiro atoms. The van der Waals surface area contributed by atoms with Crippen molar-refractivity contribution in [2.24, 2.45) is 0 Å². The molecule has 0 aliphatic heterocycles. The first kappa shape index (κ1) is 15.3. The van der Waals surface area contributed by atoms with E-state index in [1.165, 1.54) is 0 Å². The number of fused-ring (bicyclic) bond motifs is 1. The van der Waals surface area contributed by atoms with Gasteiger partial charge < -0.3 is 4.57 Å². The van der Waals surface area contributed by atoms with E-state index >= 15 is 0 Å². The average molecular weight is 313 g/mol. The Morgan fingerprint density at radius 3 is 2.75 bits per heavy atom. The molecule has 0 aliphatic carbocycles. The fraction of sp³-hybridized carbons (Fsp3) is 0.462. The van der Waals surface area contributed by atoms with Gasteiger partial charge in [-0.3, -0.25) is 0 Å². The molecule has 0 atom stereocenters. The second kappa shape index (κ2) is 6.60. The number of sulfonamides is 1. The maximum Gasteiger partial charge on any atom is 0.211 e. The van der Waals surface area contributed by atoms with Crippen molar-refractivity contribution in [2.45, 2.75) is 25.5 Å². The number of rotatable bonds is 7. The number of benzene rings is 1. The average Bonchev–Trinajstić information content (AvgIpc) is 2.81. The predicted octanol–water partition coefficient (Wildman–Crippen LogP) is 2.09. The second-order valence-electron chi connectivity index (χ2n) is 4.27. The van der Waals surface area contributed by atoms with Crippen molar-refractivity contribution in [1.29, 1.82) is 0 Å². The third-order valence-electron chi connectivity index (χ3n) is 2.97. The van der Waals surface area contributed by atoms with Crippen LogP contribution in [0.25, 0.3) is 11.0 Å². The predicted molar refractivity (Wildman–Crippen MR) is 83.6 cm³/mol. The summed E-state index contributed by atoms with van der Waals surface area (Å²) in [6, 6.07) is 8.01. The number of imidazole rings is 1. The van der Waals surface area contributed by atoms with E-state index in [1.807, 2.05) is 18.2 Å². The van der Waals surface area contributed by atoms with E-state index in [0.717, 1.165) is 22.7 Å². The Morgan fingerprint density at radius 2 is 2.05 bits per heavy atom. The van der Waals surface area contributed by atoms with Gasteiger partial charge >= 0.3 is 0 Å². The van der Waals surface area contributed by atoms with Crippen LogP contribution >= 0.6 is 11.8 Å². The van der Waals surface area contributed by atoms with Gasteiger partial charge in [-0.25, -0.2) is 18.1 Å². The standard InChI is InChI=1S/C13H19N3O2S2/c1-3-16-12-8-6-5-7-11(12)15-13(16)19-10-9-14-20(17,18)4-2/h5-8,14H,3-4,9-10H2,1-2H3. The summed E-state index contributed by atoms with van der Waals surface area (Å²) in [4.78, 5) is 4.59. The van der Waals surface area contributed by atoms with E-state index in [2.05, 4.69) is 27.3 Å². The SMILES string of the molecule is CCn1c(SCCNS(=O)(=O)CC)nc2ccccc21. The summed E-state index contributed by atoms with van der Waals surface area (Å²) in [6.45, 7) is 4.99. The number of thioether (sulfide) groups is 1. The molecule has 0 aliphatic rings. The van der Waals surface area contributed by atoms with Crippen molar-refractivity contribution in [3.05, 3.63) is 24.3 Å². The zero-order chi connectivity index (χ0) is 14.6. The largest absolute Gasteiger partial charge is 0.319 e. The van der Waals surface area contributed by atoms with Crippen molar-refractivity contribution in [1.82, 2.24) is 14.3 Å². The molecule has 1 heterocycles. The normalized spacial score (nSPS) is 12.1. The van der Waals surface area contributed by atoms with Gasteiger partial charge in [-0.2, -0.15) is 0 Å². The molecular formula is C13H19N3O2S2. The van der Waals surface area contributed by atoms with Crippen molar-refractivity contribution < 1.29 is 8.42 Å². The molecule has 7 heteroatoms. The first-order valence-corrected chi connectivity index (χ1v) is 9.26. The third kappa shape index (κ3) is 3.53. The van der Waals surface area contributed by atoms with Gasteiger partial charge in [0.05, 0.1) is 16.8 Å². The Kier molecular flexibility index (Phi) is 5.06. The Labute approximate surface area is 123 Å². The number of nitrogens with zero attached hydrogens (tertiary/aromatic N) is 2. The minimum Gasteiger partial charge on any atom is -0.319 e. The molecule has 2 rings (SSSR count).